The van der Waals surface area contributed by atoms with Crippen LogP contribution in [0.2, 0.25) is 0 Å². The SMILES string of the molecule is CCNC(=O)CC1=CSC2=NC(C)=C(C(=O)OC)[C@H](c3ccc([N+](=O)[O-])cc3)N12. The molecule has 1 atom stereocenters. The minimum Gasteiger partial charge on any atom is -0.466 e. The summed E-state index contributed by atoms with van der Waals surface area (Å²) in [5.74, 6) is -0.683. The number of amides is 1. The third kappa shape index (κ3) is 4.02. The number of nitro groups is 1. The Morgan fingerprint density at radius 3 is 2.62 bits per heavy atom. The van der Waals surface area contributed by atoms with Gasteiger partial charge in [0.25, 0.3) is 5.69 Å². The molecule has 0 radical (unpaired) electrons. The van der Waals surface area contributed by atoms with Crippen LogP contribution in [0.3, 0.4) is 0 Å². The van der Waals surface area contributed by atoms with Crippen molar-refractivity contribution in [1.82, 2.24) is 10.2 Å². The van der Waals surface area contributed by atoms with Crippen molar-refractivity contribution < 1.29 is 19.2 Å². The second-order valence-corrected chi connectivity index (χ2v) is 7.20. The Morgan fingerprint density at radius 2 is 2.03 bits per heavy atom. The molecule has 1 aromatic carbocycles. The van der Waals surface area contributed by atoms with Crippen LogP contribution in [-0.4, -0.2) is 40.5 Å². The Labute approximate surface area is 171 Å². The molecule has 0 aliphatic carbocycles. The maximum Gasteiger partial charge on any atom is 0.338 e. The van der Waals surface area contributed by atoms with Gasteiger partial charge in [-0.2, -0.15) is 0 Å². The highest BCUT2D eigenvalue weighted by Gasteiger charge is 2.41. The number of amidine groups is 1. The Bertz CT molecular complexity index is 952. The molecule has 1 N–H and O–H groups in total. The molecule has 0 saturated heterocycles. The third-order valence-corrected chi connectivity index (χ3v) is 5.43. The lowest BCUT2D eigenvalue weighted by atomic mass is 9.93. The summed E-state index contributed by atoms with van der Waals surface area (Å²) in [6.45, 7) is 4.07. The van der Waals surface area contributed by atoms with Crippen molar-refractivity contribution in [3.05, 3.63) is 62.3 Å². The molecule has 0 spiro atoms. The number of nitro benzene ring substituents is 1. The number of aliphatic imine (C=N–C) groups is 1. The van der Waals surface area contributed by atoms with Crippen LogP contribution in [0, 0.1) is 10.1 Å². The van der Waals surface area contributed by atoms with Crippen LogP contribution >= 0.6 is 11.8 Å². The lowest BCUT2D eigenvalue weighted by molar-refractivity contribution is -0.384. The molecule has 152 valence electrons. The summed E-state index contributed by atoms with van der Waals surface area (Å²) in [6, 6.07) is 5.39. The molecule has 29 heavy (non-hydrogen) atoms. The number of benzene rings is 1. The zero-order valence-corrected chi connectivity index (χ0v) is 17.0. The van der Waals surface area contributed by atoms with Crippen LogP contribution in [0.15, 0.2) is 51.6 Å². The van der Waals surface area contributed by atoms with Gasteiger partial charge in [-0.05, 0) is 37.0 Å². The quantitative estimate of drug-likeness (QED) is 0.431. The lowest BCUT2D eigenvalue weighted by Gasteiger charge is -2.36. The Balaban J connectivity index is 2.06. The summed E-state index contributed by atoms with van der Waals surface area (Å²) in [4.78, 5) is 41.6. The summed E-state index contributed by atoms with van der Waals surface area (Å²) in [7, 11) is 1.29. The number of carbonyl (C=O) groups is 2. The van der Waals surface area contributed by atoms with Crippen LogP contribution in [0.5, 0.6) is 0 Å². The Kier molecular flexibility index (Phi) is 6.02. The van der Waals surface area contributed by atoms with E-state index in [-0.39, 0.29) is 18.0 Å². The second-order valence-electron chi connectivity index (χ2n) is 6.36. The van der Waals surface area contributed by atoms with Gasteiger partial charge in [0.2, 0.25) is 5.91 Å². The number of thioether (sulfide) groups is 1. The maximum absolute atomic E-state index is 12.6. The number of nitrogens with one attached hydrogen (secondary N) is 1. The molecule has 2 aliphatic heterocycles. The molecule has 2 aliphatic rings. The number of hydrogen-bond acceptors (Lipinski definition) is 8. The van der Waals surface area contributed by atoms with Gasteiger partial charge in [-0.25, -0.2) is 9.79 Å². The highest BCUT2D eigenvalue weighted by atomic mass is 32.2. The fourth-order valence-corrected chi connectivity index (χ4v) is 4.22. The number of ether oxygens (including phenoxy) is 1. The first-order chi connectivity index (χ1) is 13.9. The molecule has 0 bridgehead atoms. The van der Waals surface area contributed by atoms with Gasteiger partial charge in [0.15, 0.2) is 5.17 Å². The first-order valence-corrected chi connectivity index (χ1v) is 9.79. The van der Waals surface area contributed by atoms with E-state index in [1.807, 2.05) is 17.2 Å². The fraction of sp³-hybridized carbons (Fsp3) is 0.316. The zero-order valence-electron chi connectivity index (χ0n) is 16.2. The predicted octanol–water partition coefficient (Wildman–Crippen LogP) is 2.87. The molecule has 0 unspecified atom stereocenters. The van der Waals surface area contributed by atoms with E-state index in [4.69, 9.17) is 4.74 Å². The average Bonchev–Trinajstić information content (AvgIpc) is 3.08. The number of carbonyl (C=O) groups excluding carboxylic acids is 2. The Hall–Kier alpha value is -3.14. The number of non-ortho nitro benzene ring substituents is 1. The van der Waals surface area contributed by atoms with E-state index in [1.165, 1.54) is 31.0 Å². The van der Waals surface area contributed by atoms with Gasteiger partial charge in [-0.1, -0.05) is 11.8 Å². The van der Waals surface area contributed by atoms with Crippen molar-refractivity contribution >= 4 is 34.5 Å². The van der Waals surface area contributed by atoms with Gasteiger partial charge < -0.3 is 15.0 Å². The normalized spacial score (nSPS) is 18.0. The van der Waals surface area contributed by atoms with Gasteiger partial charge in [-0.15, -0.1) is 0 Å². The van der Waals surface area contributed by atoms with E-state index >= 15 is 0 Å². The second kappa shape index (κ2) is 8.48. The van der Waals surface area contributed by atoms with Crippen LogP contribution in [0.25, 0.3) is 0 Å². The van der Waals surface area contributed by atoms with Gasteiger partial charge in [0.05, 0.1) is 35.8 Å². The van der Waals surface area contributed by atoms with Crippen LogP contribution < -0.4 is 5.32 Å². The van der Waals surface area contributed by atoms with Crippen molar-refractivity contribution in [3.8, 4) is 0 Å². The average molecular weight is 416 g/mol. The monoisotopic (exact) mass is 416 g/mol. The fourth-order valence-electron chi connectivity index (χ4n) is 3.26. The smallest absolute Gasteiger partial charge is 0.338 e. The summed E-state index contributed by atoms with van der Waals surface area (Å²) in [6.07, 6.45) is 0.122. The van der Waals surface area contributed by atoms with E-state index < -0.39 is 16.9 Å². The molecule has 0 aromatic heterocycles. The highest BCUT2D eigenvalue weighted by molar-refractivity contribution is 8.16. The standard InChI is InChI=1S/C19H20N4O5S/c1-4-20-15(24)9-14-10-29-19-21-11(2)16(18(25)28-3)17(22(14)19)12-5-7-13(8-6-12)23(26)27/h5-8,10,17H,4,9H2,1-3H3,(H,20,24)/t17-/m0/s1. The highest BCUT2D eigenvalue weighted by Crippen LogP contribution is 2.44. The largest absolute Gasteiger partial charge is 0.466 e. The topological polar surface area (TPSA) is 114 Å². The number of fused-ring (bicyclic) bond motifs is 1. The van der Waals surface area contributed by atoms with Crippen molar-refractivity contribution in [3.63, 3.8) is 0 Å². The van der Waals surface area contributed by atoms with Crippen LogP contribution in [0.1, 0.15) is 31.9 Å². The van der Waals surface area contributed by atoms with E-state index in [9.17, 15) is 19.7 Å². The van der Waals surface area contributed by atoms with Gasteiger partial charge in [0.1, 0.15) is 0 Å². The van der Waals surface area contributed by atoms with Crippen molar-refractivity contribution in [2.24, 2.45) is 4.99 Å². The van der Waals surface area contributed by atoms with Gasteiger partial charge in [0, 0.05) is 24.4 Å². The van der Waals surface area contributed by atoms with Crippen molar-refractivity contribution in [2.75, 3.05) is 13.7 Å². The molecule has 0 saturated carbocycles. The summed E-state index contributed by atoms with van der Waals surface area (Å²) < 4.78 is 4.97. The molecular formula is C19H20N4O5S. The van der Waals surface area contributed by atoms with E-state index in [1.54, 1.807) is 19.1 Å². The molecule has 9 nitrogen and oxygen atoms in total. The van der Waals surface area contributed by atoms with Gasteiger partial charge in [-0.3, -0.25) is 14.9 Å². The Morgan fingerprint density at radius 1 is 1.34 bits per heavy atom. The lowest BCUT2D eigenvalue weighted by Crippen LogP contribution is -2.37. The molecule has 1 amide bonds. The molecule has 3 rings (SSSR count). The number of hydrogen-bond donors (Lipinski definition) is 1. The summed E-state index contributed by atoms with van der Waals surface area (Å²) in [5, 5.41) is 16.2. The summed E-state index contributed by atoms with van der Waals surface area (Å²) >= 11 is 1.37. The minimum atomic E-state index is -0.605. The number of nitrogens with zero attached hydrogens (tertiary/aromatic N) is 3. The zero-order chi connectivity index (χ0) is 21.1. The molecular weight excluding hydrogens is 396 g/mol. The predicted molar refractivity (Wildman–Crippen MR) is 109 cm³/mol. The maximum atomic E-state index is 12.6. The summed E-state index contributed by atoms with van der Waals surface area (Å²) in [5.41, 5.74) is 2.14. The van der Waals surface area contributed by atoms with E-state index in [0.717, 1.165) is 0 Å². The van der Waals surface area contributed by atoms with Crippen molar-refractivity contribution in [1.29, 1.82) is 0 Å². The molecule has 0 fully saturated rings. The number of methoxy groups -OCH3 is 1. The molecule has 1 aromatic rings. The number of esters is 1. The van der Waals surface area contributed by atoms with Gasteiger partial charge >= 0.3 is 5.97 Å². The number of allylic oxidation sites excluding steroid dienone is 1. The van der Waals surface area contributed by atoms with Crippen molar-refractivity contribution in [2.45, 2.75) is 26.3 Å². The van der Waals surface area contributed by atoms with E-state index in [0.29, 0.717) is 34.2 Å². The first kappa shape index (κ1) is 20.6. The molecule has 10 heteroatoms. The minimum absolute atomic E-state index is 0.0485. The van der Waals surface area contributed by atoms with E-state index in [2.05, 4.69) is 10.3 Å². The number of rotatable bonds is 6. The molecule has 2 heterocycles. The van der Waals surface area contributed by atoms with Crippen LogP contribution in [-0.2, 0) is 14.3 Å². The van der Waals surface area contributed by atoms with Crippen LogP contribution in [0.4, 0.5) is 5.69 Å². The third-order valence-electron chi connectivity index (χ3n) is 4.54. The first-order valence-electron chi connectivity index (χ1n) is 8.91.